The molecule has 0 unspecified atom stereocenters. The van der Waals surface area contributed by atoms with Gasteiger partial charge < -0.3 is 10.2 Å². The Morgan fingerprint density at radius 3 is 2.56 bits per heavy atom. The Kier molecular flexibility index (Phi) is 5.39. The molecule has 3 rings (SSSR count). The maximum Gasteiger partial charge on any atom is 0.225 e. The van der Waals surface area contributed by atoms with E-state index in [0.29, 0.717) is 31.0 Å². The molecule has 1 aliphatic rings. The van der Waals surface area contributed by atoms with Gasteiger partial charge in [-0.3, -0.25) is 9.59 Å². The molecule has 5 heteroatoms. The van der Waals surface area contributed by atoms with E-state index in [0.717, 1.165) is 16.7 Å². The monoisotopic (exact) mass is 356 g/mol. The summed E-state index contributed by atoms with van der Waals surface area (Å²) in [6.07, 6.45) is 0.672. The Hall–Kier alpha value is -2.33. The molecule has 0 radical (unpaired) electrons. The third-order valence-corrected chi connectivity index (χ3v) is 4.88. The standard InChI is InChI=1S/C20H21ClN2O2/c1-14-6-2-3-7-15(14)10-19(24)22-17-11-20(25)23(13-17)12-16-8-4-5-9-18(16)21/h2-9,17H,10-13H2,1H3,(H,22,24)/t17-/m1/s1. The molecule has 0 saturated carbocycles. The lowest BCUT2D eigenvalue weighted by Crippen LogP contribution is -2.38. The number of likely N-dealkylation sites (tertiary alicyclic amines) is 1. The number of nitrogens with one attached hydrogen (secondary N) is 1. The third-order valence-electron chi connectivity index (χ3n) is 4.51. The predicted octanol–water partition coefficient (Wildman–Crippen LogP) is 3.11. The van der Waals surface area contributed by atoms with Crippen molar-refractivity contribution in [2.45, 2.75) is 32.4 Å². The molecule has 2 aromatic carbocycles. The van der Waals surface area contributed by atoms with Gasteiger partial charge in [0.05, 0.1) is 12.5 Å². The highest BCUT2D eigenvalue weighted by Crippen LogP contribution is 2.20. The molecular weight excluding hydrogens is 336 g/mol. The van der Waals surface area contributed by atoms with E-state index in [-0.39, 0.29) is 17.9 Å². The van der Waals surface area contributed by atoms with Crippen molar-refractivity contribution < 1.29 is 9.59 Å². The van der Waals surface area contributed by atoms with Crippen LogP contribution in [-0.2, 0) is 22.6 Å². The predicted molar refractivity (Wildman–Crippen MR) is 98.3 cm³/mol. The minimum absolute atomic E-state index is 0.0427. The summed E-state index contributed by atoms with van der Waals surface area (Å²) >= 11 is 6.17. The largest absolute Gasteiger partial charge is 0.351 e. The van der Waals surface area contributed by atoms with E-state index in [1.54, 1.807) is 4.90 Å². The molecule has 4 nitrogen and oxygen atoms in total. The van der Waals surface area contributed by atoms with Crippen molar-refractivity contribution in [1.82, 2.24) is 10.2 Å². The Bertz CT molecular complexity index is 791. The maximum atomic E-state index is 12.3. The molecule has 0 aliphatic carbocycles. The Morgan fingerprint density at radius 2 is 1.84 bits per heavy atom. The van der Waals surface area contributed by atoms with Crippen LogP contribution in [-0.4, -0.2) is 29.3 Å². The van der Waals surface area contributed by atoms with E-state index in [1.807, 2.05) is 55.5 Å². The van der Waals surface area contributed by atoms with Crippen LogP contribution in [0, 0.1) is 6.92 Å². The van der Waals surface area contributed by atoms with Gasteiger partial charge in [-0.1, -0.05) is 54.1 Å². The van der Waals surface area contributed by atoms with Crippen LogP contribution >= 0.6 is 11.6 Å². The van der Waals surface area contributed by atoms with Crippen LogP contribution in [0.1, 0.15) is 23.1 Å². The van der Waals surface area contributed by atoms with Crippen LogP contribution < -0.4 is 5.32 Å². The molecule has 130 valence electrons. The normalized spacial score (nSPS) is 17.0. The number of benzene rings is 2. The van der Waals surface area contributed by atoms with Gasteiger partial charge in [0.1, 0.15) is 0 Å². The lowest BCUT2D eigenvalue weighted by molar-refractivity contribution is -0.128. The summed E-state index contributed by atoms with van der Waals surface area (Å²) < 4.78 is 0. The molecule has 2 aromatic rings. The SMILES string of the molecule is Cc1ccccc1CC(=O)N[C@@H]1CC(=O)N(Cc2ccccc2Cl)C1. The van der Waals surface area contributed by atoms with Crippen LogP contribution in [0.15, 0.2) is 48.5 Å². The molecule has 1 saturated heterocycles. The zero-order valence-corrected chi connectivity index (χ0v) is 14.9. The van der Waals surface area contributed by atoms with Crippen molar-refractivity contribution in [3.05, 3.63) is 70.2 Å². The highest BCUT2D eigenvalue weighted by molar-refractivity contribution is 6.31. The topological polar surface area (TPSA) is 49.4 Å². The van der Waals surface area contributed by atoms with Gasteiger partial charge in [-0.2, -0.15) is 0 Å². The van der Waals surface area contributed by atoms with Crippen molar-refractivity contribution in [3.63, 3.8) is 0 Å². The second kappa shape index (κ2) is 7.70. The van der Waals surface area contributed by atoms with E-state index < -0.39 is 0 Å². The van der Waals surface area contributed by atoms with Gasteiger partial charge in [-0.05, 0) is 29.7 Å². The van der Waals surface area contributed by atoms with Crippen molar-refractivity contribution in [3.8, 4) is 0 Å². The van der Waals surface area contributed by atoms with Crippen LogP contribution in [0.4, 0.5) is 0 Å². The molecule has 1 N–H and O–H groups in total. The number of aryl methyl sites for hydroxylation is 1. The van der Waals surface area contributed by atoms with Crippen molar-refractivity contribution >= 4 is 23.4 Å². The van der Waals surface area contributed by atoms with Crippen LogP contribution in [0.2, 0.25) is 5.02 Å². The quantitative estimate of drug-likeness (QED) is 0.894. The van der Waals surface area contributed by atoms with Crippen molar-refractivity contribution in [2.24, 2.45) is 0 Å². The van der Waals surface area contributed by atoms with Crippen molar-refractivity contribution in [1.29, 1.82) is 0 Å². The average molecular weight is 357 g/mol. The van der Waals surface area contributed by atoms with E-state index in [9.17, 15) is 9.59 Å². The maximum absolute atomic E-state index is 12.3. The summed E-state index contributed by atoms with van der Waals surface area (Å²) in [7, 11) is 0. The molecule has 1 aliphatic heterocycles. The van der Waals surface area contributed by atoms with Gasteiger partial charge in [0.2, 0.25) is 11.8 Å². The number of rotatable bonds is 5. The first-order valence-electron chi connectivity index (χ1n) is 8.38. The summed E-state index contributed by atoms with van der Waals surface area (Å²) in [6, 6.07) is 15.2. The van der Waals surface area contributed by atoms with Crippen molar-refractivity contribution in [2.75, 3.05) is 6.54 Å². The van der Waals surface area contributed by atoms with Gasteiger partial charge in [0, 0.05) is 24.5 Å². The zero-order valence-electron chi connectivity index (χ0n) is 14.2. The van der Waals surface area contributed by atoms with Crippen LogP contribution in [0.3, 0.4) is 0 Å². The first kappa shape index (κ1) is 17.5. The molecule has 1 fully saturated rings. The summed E-state index contributed by atoms with van der Waals surface area (Å²) in [6.45, 7) is 2.99. The fourth-order valence-electron chi connectivity index (χ4n) is 3.11. The molecule has 2 amide bonds. The molecule has 0 spiro atoms. The van der Waals surface area contributed by atoms with Gasteiger partial charge in [-0.15, -0.1) is 0 Å². The average Bonchev–Trinajstić information content (AvgIpc) is 2.91. The number of carbonyl (C=O) groups is 2. The second-order valence-electron chi connectivity index (χ2n) is 6.44. The van der Waals surface area contributed by atoms with E-state index in [1.165, 1.54) is 0 Å². The molecular formula is C20H21ClN2O2. The molecule has 1 atom stereocenters. The number of carbonyl (C=O) groups excluding carboxylic acids is 2. The Morgan fingerprint density at radius 1 is 1.16 bits per heavy atom. The lowest BCUT2D eigenvalue weighted by Gasteiger charge is -2.18. The summed E-state index contributed by atoms with van der Waals surface area (Å²) in [5, 5.41) is 3.64. The van der Waals surface area contributed by atoms with E-state index >= 15 is 0 Å². The summed E-state index contributed by atoms with van der Waals surface area (Å²) in [5.74, 6) is -0.00666. The van der Waals surface area contributed by atoms with E-state index in [4.69, 9.17) is 11.6 Å². The fourth-order valence-corrected chi connectivity index (χ4v) is 3.31. The second-order valence-corrected chi connectivity index (χ2v) is 6.84. The third kappa shape index (κ3) is 4.40. The number of halogens is 1. The smallest absolute Gasteiger partial charge is 0.225 e. The fraction of sp³-hybridized carbons (Fsp3) is 0.300. The lowest BCUT2D eigenvalue weighted by atomic mass is 10.1. The Balaban J connectivity index is 1.56. The molecule has 0 aromatic heterocycles. The number of nitrogens with zero attached hydrogens (tertiary/aromatic N) is 1. The van der Waals surface area contributed by atoms with Gasteiger partial charge >= 0.3 is 0 Å². The minimum Gasteiger partial charge on any atom is -0.351 e. The van der Waals surface area contributed by atoms with E-state index in [2.05, 4.69) is 5.32 Å². The number of amides is 2. The molecule has 25 heavy (non-hydrogen) atoms. The number of hydrogen-bond donors (Lipinski definition) is 1. The van der Waals surface area contributed by atoms with Gasteiger partial charge in [0.25, 0.3) is 0 Å². The summed E-state index contributed by atoms with van der Waals surface area (Å²) in [4.78, 5) is 26.3. The van der Waals surface area contributed by atoms with Gasteiger partial charge in [-0.25, -0.2) is 0 Å². The van der Waals surface area contributed by atoms with Crippen LogP contribution in [0.25, 0.3) is 0 Å². The van der Waals surface area contributed by atoms with Gasteiger partial charge in [0.15, 0.2) is 0 Å². The molecule has 1 heterocycles. The van der Waals surface area contributed by atoms with Crippen LogP contribution in [0.5, 0.6) is 0 Å². The first-order valence-corrected chi connectivity index (χ1v) is 8.76. The number of hydrogen-bond acceptors (Lipinski definition) is 2. The Labute approximate surface area is 152 Å². The highest BCUT2D eigenvalue weighted by Gasteiger charge is 2.30. The summed E-state index contributed by atoms with van der Waals surface area (Å²) in [5.41, 5.74) is 3.03. The molecule has 0 bridgehead atoms. The first-order chi connectivity index (χ1) is 12.0. The minimum atomic E-state index is -0.147. The highest BCUT2D eigenvalue weighted by atomic mass is 35.5. The zero-order chi connectivity index (χ0) is 17.8.